The minimum Gasteiger partial charge on any atom is -0.334 e. The fourth-order valence-electron chi connectivity index (χ4n) is 3.33. The van der Waals surface area contributed by atoms with Crippen molar-refractivity contribution in [2.75, 3.05) is 4.90 Å². The normalized spacial score (nSPS) is 17.0. The summed E-state index contributed by atoms with van der Waals surface area (Å²) in [7, 11) is 0. The van der Waals surface area contributed by atoms with E-state index in [9.17, 15) is 4.79 Å². The Bertz CT molecular complexity index is 928. The first-order valence-corrected chi connectivity index (χ1v) is 8.42. The van der Waals surface area contributed by atoms with Gasteiger partial charge >= 0.3 is 0 Å². The van der Waals surface area contributed by atoms with E-state index in [1.54, 1.807) is 11.3 Å². The van der Waals surface area contributed by atoms with Crippen LogP contribution in [0.1, 0.15) is 18.1 Å². The van der Waals surface area contributed by atoms with Gasteiger partial charge in [-0.25, -0.2) is 0 Å². The summed E-state index contributed by atoms with van der Waals surface area (Å²) in [6.45, 7) is 4.22. The van der Waals surface area contributed by atoms with Gasteiger partial charge in [0.25, 0.3) is 0 Å². The first kappa shape index (κ1) is 13.5. The molecule has 0 unspecified atom stereocenters. The second-order valence-electron chi connectivity index (χ2n) is 6.00. The fourth-order valence-corrected chi connectivity index (χ4v) is 4.22. The van der Waals surface area contributed by atoms with E-state index in [2.05, 4.69) is 36.1 Å². The maximum atomic E-state index is 13.0. The molecule has 0 aliphatic carbocycles. The van der Waals surface area contributed by atoms with Crippen molar-refractivity contribution in [3.63, 3.8) is 0 Å². The molecule has 0 spiro atoms. The Balaban J connectivity index is 1.95. The van der Waals surface area contributed by atoms with Crippen molar-refractivity contribution in [3.05, 3.63) is 69.2 Å². The second kappa shape index (κ2) is 4.96. The average molecular weight is 307 g/mol. The van der Waals surface area contributed by atoms with Gasteiger partial charge < -0.3 is 4.90 Å². The molecule has 2 aromatic carbocycles. The summed E-state index contributed by atoms with van der Waals surface area (Å²) in [5.74, 6) is 0. The Morgan fingerprint density at radius 1 is 1.14 bits per heavy atom. The summed E-state index contributed by atoms with van der Waals surface area (Å²) in [4.78, 5) is 15.2. The van der Waals surface area contributed by atoms with Gasteiger partial charge in [-0.05, 0) is 44.0 Å². The number of rotatable bonds is 1. The van der Waals surface area contributed by atoms with Crippen LogP contribution in [0.2, 0.25) is 0 Å². The van der Waals surface area contributed by atoms with E-state index in [1.807, 2.05) is 30.5 Å². The van der Waals surface area contributed by atoms with Gasteiger partial charge in [0.15, 0.2) is 0 Å². The first-order valence-electron chi connectivity index (χ1n) is 7.54. The molecule has 2 nitrogen and oxygen atoms in total. The molecule has 0 saturated carbocycles. The number of aryl methyl sites for hydroxylation is 1. The molecule has 0 N–H and O–H groups in total. The monoisotopic (exact) mass is 307 g/mol. The highest BCUT2D eigenvalue weighted by molar-refractivity contribution is 7.16. The van der Waals surface area contributed by atoms with Crippen LogP contribution in [0.15, 0.2) is 52.6 Å². The van der Waals surface area contributed by atoms with Crippen LogP contribution in [0, 0.1) is 6.92 Å². The SMILES string of the molecule is Cc1ccc2scc(N3c4ccccc4C[C@H]3C)c(=O)c2c1. The number of anilines is 2. The summed E-state index contributed by atoms with van der Waals surface area (Å²) in [5.41, 5.74) is 4.57. The molecule has 1 aliphatic rings. The predicted octanol–water partition coefficient (Wildman–Crippen LogP) is 4.65. The van der Waals surface area contributed by atoms with Gasteiger partial charge in [0.2, 0.25) is 5.43 Å². The Morgan fingerprint density at radius 2 is 1.95 bits per heavy atom. The van der Waals surface area contributed by atoms with Crippen LogP contribution < -0.4 is 10.3 Å². The lowest BCUT2D eigenvalue weighted by Gasteiger charge is -2.24. The number of benzene rings is 2. The highest BCUT2D eigenvalue weighted by atomic mass is 32.1. The number of fused-ring (bicyclic) bond motifs is 2. The van der Waals surface area contributed by atoms with Crippen LogP contribution in [0.3, 0.4) is 0 Å². The number of para-hydroxylation sites is 1. The third-order valence-corrected chi connectivity index (χ3v) is 5.33. The molecular weight excluding hydrogens is 290 g/mol. The number of hydrogen-bond donors (Lipinski definition) is 0. The molecule has 0 bridgehead atoms. The number of hydrogen-bond acceptors (Lipinski definition) is 3. The summed E-state index contributed by atoms with van der Waals surface area (Å²) < 4.78 is 1.06. The highest BCUT2D eigenvalue weighted by Gasteiger charge is 2.28. The Kier molecular flexibility index (Phi) is 3.05. The van der Waals surface area contributed by atoms with E-state index in [0.717, 1.165) is 27.8 Å². The zero-order valence-electron chi connectivity index (χ0n) is 12.7. The van der Waals surface area contributed by atoms with E-state index in [-0.39, 0.29) is 5.43 Å². The third kappa shape index (κ3) is 1.97. The van der Waals surface area contributed by atoms with Crippen LogP contribution in [-0.4, -0.2) is 6.04 Å². The molecular formula is C19H17NOS. The van der Waals surface area contributed by atoms with Crippen molar-refractivity contribution in [3.8, 4) is 0 Å². The predicted molar refractivity (Wildman–Crippen MR) is 94.6 cm³/mol. The van der Waals surface area contributed by atoms with E-state index in [1.165, 1.54) is 11.3 Å². The summed E-state index contributed by atoms with van der Waals surface area (Å²) in [6.07, 6.45) is 0.992. The smallest absolute Gasteiger partial charge is 0.211 e. The first-order chi connectivity index (χ1) is 10.6. The highest BCUT2D eigenvalue weighted by Crippen LogP contribution is 2.37. The van der Waals surface area contributed by atoms with Crippen molar-refractivity contribution in [2.24, 2.45) is 0 Å². The fraction of sp³-hybridized carbons (Fsp3) is 0.211. The molecule has 1 aromatic heterocycles. The molecule has 1 atom stereocenters. The Labute approximate surface area is 133 Å². The third-order valence-electron chi connectivity index (χ3n) is 4.38. The quantitative estimate of drug-likeness (QED) is 0.652. The Hall–Kier alpha value is -2.13. The van der Waals surface area contributed by atoms with Gasteiger partial charge in [0, 0.05) is 27.2 Å². The lowest BCUT2D eigenvalue weighted by atomic mass is 10.1. The average Bonchev–Trinajstić information content (AvgIpc) is 2.84. The van der Waals surface area contributed by atoms with Crippen LogP contribution in [-0.2, 0) is 6.42 Å². The largest absolute Gasteiger partial charge is 0.334 e. The van der Waals surface area contributed by atoms with Gasteiger partial charge in [-0.2, -0.15) is 0 Å². The van der Waals surface area contributed by atoms with E-state index in [4.69, 9.17) is 0 Å². The van der Waals surface area contributed by atoms with Gasteiger partial charge in [-0.3, -0.25) is 4.79 Å². The molecule has 0 fully saturated rings. The van der Waals surface area contributed by atoms with Crippen LogP contribution in [0.5, 0.6) is 0 Å². The summed E-state index contributed by atoms with van der Waals surface area (Å²) in [6, 6.07) is 14.8. The van der Waals surface area contributed by atoms with Gasteiger partial charge in [0.05, 0.1) is 0 Å². The van der Waals surface area contributed by atoms with Crippen molar-refractivity contribution in [2.45, 2.75) is 26.3 Å². The minimum absolute atomic E-state index is 0.140. The van der Waals surface area contributed by atoms with Gasteiger partial charge in [0.1, 0.15) is 5.69 Å². The van der Waals surface area contributed by atoms with E-state index in [0.29, 0.717) is 6.04 Å². The van der Waals surface area contributed by atoms with Crippen LogP contribution >= 0.6 is 11.3 Å². The molecule has 4 rings (SSSR count). The van der Waals surface area contributed by atoms with E-state index < -0.39 is 0 Å². The zero-order valence-corrected chi connectivity index (χ0v) is 13.5. The van der Waals surface area contributed by atoms with Crippen molar-refractivity contribution >= 4 is 32.8 Å². The van der Waals surface area contributed by atoms with Gasteiger partial charge in [-0.15, -0.1) is 11.3 Å². The second-order valence-corrected chi connectivity index (χ2v) is 6.91. The van der Waals surface area contributed by atoms with Crippen LogP contribution in [0.4, 0.5) is 11.4 Å². The molecule has 0 radical (unpaired) electrons. The lowest BCUT2D eigenvalue weighted by molar-refractivity contribution is 0.758. The Morgan fingerprint density at radius 3 is 2.82 bits per heavy atom. The van der Waals surface area contributed by atoms with Crippen molar-refractivity contribution in [1.29, 1.82) is 0 Å². The standard InChI is InChI=1S/C19H17NOS/c1-12-7-8-18-15(9-12)19(21)17(11-22-18)20-13(2)10-14-5-3-4-6-16(14)20/h3-9,11,13H,10H2,1-2H3/t13-/m1/s1. The van der Waals surface area contributed by atoms with Crippen molar-refractivity contribution < 1.29 is 0 Å². The molecule has 0 amide bonds. The zero-order chi connectivity index (χ0) is 15.3. The van der Waals surface area contributed by atoms with Gasteiger partial charge in [-0.1, -0.05) is 29.8 Å². The topological polar surface area (TPSA) is 20.3 Å². The van der Waals surface area contributed by atoms with E-state index >= 15 is 0 Å². The summed E-state index contributed by atoms with van der Waals surface area (Å²) >= 11 is 1.65. The maximum Gasteiger partial charge on any atom is 0.211 e. The molecule has 110 valence electrons. The molecule has 1 aliphatic heterocycles. The molecule has 3 heteroatoms. The molecule has 22 heavy (non-hydrogen) atoms. The molecule has 3 aromatic rings. The molecule has 0 saturated heterocycles. The lowest BCUT2D eigenvalue weighted by Crippen LogP contribution is -2.28. The minimum atomic E-state index is 0.140. The maximum absolute atomic E-state index is 13.0. The summed E-state index contributed by atoms with van der Waals surface area (Å²) in [5, 5.41) is 2.84. The van der Waals surface area contributed by atoms with Crippen LogP contribution in [0.25, 0.3) is 10.1 Å². The number of nitrogens with zero attached hydrogens (tertiary/aromatic N) is 1. The van der Waals surface area contributed by atoms with Crippen molar-refractivity contribution in [1.82, 2.24) is 0 Å². The molecule has 2 heterocycles.